The lowest BCUT2D eigenvalue weighted by Gasteiger charge is -2.14. The van der Waals surface area contributed by atoms with Crippen LogP contribution in [0, 0.1) is 0 Å². The Labute approximate surface area is 107 Å². The summed E-state index contributed by atoms with van der Waals surface area (Å²) in [7, 11) is 3.97. The summed E-state index contributed by atoms with van der Waals surface area (Å²) < 4.78 is 5.74. The van der Waals surface area contributed by atoms with Crippen molar-refractivity contribution in [3.8, 4) is 11.5 Å². The fourth-order valence-electron chi connectivity index (χ4n) is 1.58. The van der Waals surface area contributed by atoms with Gasteiger partial charge in [0.2, 0.25) is 0 Å². The molecule has 2 rings (SSSR count). The summed E-state index contributed by atoms with van der Waals surface area (Å²) in [5.41, 5.74) is 13.6. The summed E-state index contributed by atoms with van der Waals surface area (Å²) in [5.74, 6) is 1.45. The Kier molecular flexibility index (Phi) is 3.28. The minimum absolute atomic E-state index is 0.524. The predicted octanol–water partition coefficient (Wildman–Crippen LogP) is 2.71. The molecule has 0 aliphatic rings. The van der Waals surface area contributed by atoms with E-state index in [0.29, 0.717) is 17.1 Å². The Morgan fingerprint density at radius 2 is 1.61 bits per heavy atom. The normalized spacial score (nSPS) is 10.1. The molecule has 4 nitrogen and oxygen atoms in total. The molecule has 0 aliphatic heterocycles. The van der Waals surface area contributed by atoms with Crippen LogP contribution in [-0.2, 0) is 0 Å². The molecule has 0 radical (unpaired) electrons. The molecule has 0 bridgehead atoms. The van der Waals surface area contributed by atoms with Crippen molar-refractivity contribution in [1.29, 1.82) is 0 Å². The van der Waals surface area contributed by atoms with Crippen LogP contribution in [0.5, 0.6) is 11.5 Å². The summed E-state index contributed by atoms with van der Waals surface area (Å²) in [6.07, 6.45) is 0. The molecule has 0 aliphatic carbocycles. The standard InChI is InChI=1S/C14H17N3O/c1-17(2)10-4-3-5-11(8-10)18-12-6-7-13(15)14(16)9-12/h3-9H,15-16H2,1-2H3. The molecule has 0 saturated carbocycles. The smallest absolute Gasteiger partial charge is 0.129 e. The number of benzene rings is 2. The minimum Gasteiger partial charge on any atom is -0.457 e. The van der Waals surface area contributed by atoms with Crippen molar-refractivity contribution >= 4 is 17.1 Å². The molecule has 2 aromatic carbocycles. The molecule has 0 saturated heterocycles. The highest BCUT2D eigenvalue weighted by atomic mass is 16.5. The molecule has 4 N–H and O–H groups in total. The van der Waals surface area contributed by atoms with Crippen LogP contribution in [-0.4, -0.2) is 14.1 Å². The van der Waals surface area contributed by atoms with Crippen LogP contribution >= 0.6 is 0 Å². The van der Waals surface area contributed by atoms with Gasteiger partial charge in [0.25, 0.3) is 0 Å². The summed E-state index contributed by atoms with van der Waals surface area (Å²) in [5, 5.41) is 0. The van der Waals surface area contributed by atoms with Crippen LogP contribution in [0.1, 0.15) is 0 Å². The summed E-state index contributed by atoms with van der Waals surface area (Å²) in [4.78, 5) is 2.02. The van der Waals surface area contributed by atoms with E-state index in [-0.39, 0.29) is 0 Å². The van der Waals surface area contributed by atoms with Gasteiger partial charge in [-0.1, -0.05) is 6.07 Å². The lowest BCUT2D eigenvalue weighted by molar-refractivity contribution is 0.483. The zero-order valence-electron chi connectivity index (χ0n) is 10.6. The minimum atomic E-state index is 0.524. The summed E-state index contributed by atoms with van der Waals surface area (Å²) >= 11 is 0. The molecular weight excluding hydrogens is 226 g/mol. The van der Waals surface area contributed by atoms with Crippen molar-refractivity contribution in [2.45, 2.75) is 0 Å². The molecule has 4 heteroatoms. The van der Waals surface area contributed by atoms with E-state index in [2.05, 4.69) is 0 Å². The highest BCUT2D eigenvalue weighted by molar-refractivity contribution is 5.65. The Balaban J connectivity index is 2.23. The molecule has 94 valence electrons. The van der Waals surface area contributed by atoms with Crippen molar-refractivity contribution in [3.05, 3.63) is 42.5 Å². The van der Waals surface area contributed by atoms with Crippen LogP contribution in [0.3, 0.4) is 0 Å². The SMILES string of the molecule is CN(C)c1cccc(Oc2ccc(N)c(N)c2)c1. The monoisotopic (exact) mass is 243 g/mol. The Hall–Kier alpha value is -2.36. The molecular formula is C14H17N3O. The summed E-state index contributed by atoms with van der Waals surface area (Å²) in [6.45, 7) is 0. The quantitative estimate of drug-likeness (QED) is 0.813. The van der Waals surface area contributed by atoms with E-state index in [1.807, 2.05) is 43.3 Å². The number of hydrogen-bond donors (Lipinski definition) is 2. The number of hydrogen-bond acceptors (Lipinski definition) is 4. The van der Waals surface area contributed by atoms with E-state index >= 15 is 0 Å². The van der Waals surface area contributed by atoms with Gasteiger partial charge < -0.3 is 21.1 Å². The van der Waals surface area contributed by atoms with Crippen LogP contribution in [0.15, 0.2) is 42.5 Å². The molecule has 0 heterocycles. The lowest BCUT2D eigenvalue weighted by atomic mass is 10.2. The van der Waals surface area contributed by atoms with Gasteiger partial charge in [0.1, 0.15) is 11.5 Å². The first-order valence-corrected chi connectivity index (χ1v) is 5.66. The van der Waals surface area contributed by atoms with Gasteiger partial charge in [-0.3, -0.25) is 0 Å². The van der Waals surface area contributed by atoms with E-state index in [1.165, 1.54) is 0 Å². The molecule has 0 unspecified atom stereocenters. The van der Waals surface area contributed by atoms with Gasteiger partial charge in [-0.15, -0.1) is 0 Å². The Morgan fingerprint density at radius 1 is 0.889 bits per heavy atom. The molecule has 2 aromatic rings. The number of nitrogen functional groups attached to an aromatic ring is 2. The van der Waals surface area contributed by atoms with Crippen LogP contribution in [0.25, 0.3) is 0 Å². The maximum absolute atomic E-state index is 5.74. The van der Waals surface area contributed by atoms with Crippen molar-refractivity contribution in [2.75, 3.05) is 30.5 Å². The number of rotatable bonds is 3. The van der Waals surface area contributed by atoms with Gasteiger partial charge in [0.15, 0.2) is 0 Å². The van der Waals surface area contributed by atoms with Gasteiger partial charge >= 0.3 is 0 Å². The van der Waals surface area contributed by atoms with Gasteiger partial charge in [-0.2, -0.15) is 0 Å². The second-order valence-electron chi connectivity index (χ2n) is 4.28. The average molecular weight is 243 g/mol. The predicted molar refractivity (Wildman–Crippen MR) is 76.1 cm³/mol. The van der Waals surface area contributed by atoms with Crippen LogP contribution in [0.2, 0.25) is 0 Å². The third-order valence-electron chi connectivity index (χ3n) is 2.63. The van der Waals surface area contributed by atoms with E-state index in [1.54, 1.807) is 18.2 Å². The second kappa shape index (κ2) is 4.87. The molecule has 0 amide bonds. The van der Waals surface area contributed by atoms with Crippen molar-refractivity contribution in [1.82, 2.24) is 0 Å². The number of nitrogens with two attached hydrogens (primary N) is 2. The maximum atomic E-state index is 5.74. The topological polar surface area (TPSA) is 64.5 Å². The van der Waals surface area contributed by atoms with Crippen molar-refractivity contribution in [2.24, 2.45) is 0 Å². The number of ether oxygens (including phenoxy) is 1. The number of nitrogens with zero attached hydrogens (tertiary/aromatic N) is 1. The van der Waals surface area contributed by atoms with Gasteiger partial charge in [0, 0.05) is 31.9 Å². The van der Waals surface area contributed by atoms with Crippen molar-refractivity contribution < 1.29 is 4.74 Å². The molecule has 0 fully saturated rings. The highest BCUT2D eigenvalue weighted by Crippen LogP contribution is 2.28. The fourth-order valence-corrected chi connectivity index (χ4v) is 1.58. The molecule has 18 heavy (non-hydrogen) atoms. The van der Waals surface area contributed by atoms with Gasteiger partial charge in [-0.25, -0.2) is 0 Å². The third kappa shape index (κ3) is 2.66. The largest absolute Gasteiger partial charge is 0.457 e. The van der Waals surface area contributed by atoms with Crippen LogP contribution in [0.4, 0.5) is 17.1 Å². The van der Waals surface area contributed by atoms with Crippen LogP contribution < -0.4 is 21.1 Å². The zero-order valence-corrected chi connectivity index (χ0v) is 10.6. The Bertz CT molecular complexity index is 552. The fraction of sp³-hybridized carbons (Fsp3) is 0.143. The number of anilines is 3. The van der Waals surface area contributed by atoms with Gasteiger partial charge in [0.05, 0.1) is 11.4 Å². The van der Waals surface area contributed by atoms with Gasteiger partial charge in [-0.05, 0) is 24.3 Å². The highest BCUT2D eigenvalue weighted by Gasteiger charge is 2.02. The lowest BCUT2D eigenvalue weighted by Crippen LogP contribution is -2.08. The molecule has 0 aromatic heterocycles. The Morgan fingerprint density at radius 3 is 2.28 bits per heavy atom. The third-order valence-corrected chi connectivity index (χ3v) is 2.63. The maximum Gasteiger partial charge on any atom is 0.129 e. The van der Waals surface area contributed by atoms with E-state index in [0.717, 1.165) is 11.4 Å². The van der Waals surface area contributed by atoms with E-state index in [9.17, 15) is 0 Å². The molecule has 0 atom stereocenters. The van der Waals surface area contributed by atoms with E-state index in [4.69, 9.17) is 16.2 Å². The zero-order chi connectivity index (χ0) is 13.1. The first-order valence-electron chi connectivity index (χ1n) is 5.66. The molecule has 0 spiro atoms. The first kappa shape index (κ1) is 12.1. The van der Waals surface area contributed by atoms with E-state index < -0.39 is 0 Å². The first-order chi connectivity index (χ1) is 8.56. The average Bonchev–Trinajstić information content (AvgIpc) is 2.34. The summed E-state index contributed by atoms with van der Waals surface area (Å²) in [6, 6.07) is 13.1. The van der Waals surface area contributed by atoms with Crippen molar-refractivity contribution in [3.63, 3.8) is 0 Å². The second-order valence-corrected chi connectivity index (χ2v) is 4.28.